The van der Waals surface area contributed by atoms with E-state index in [0.29, 0.717) is 34.6 Å². The fraction of sp³-hybridized carbons (Fsp3) is 0.545. The zero-order valence-corrected chi connectivity index (χ0v) is 18.3. The van der Waals surface area contributed by atoms with Gasteiger partial charge in [0, 0.05) is 34.6 Å². The van der Waals surface area contributed by atoms with Crippen LogP contribution in [-0.4, -0.2) is 42.1 Å². The Labute approximate surface area is 181 Å². The molecule has 0 atom stereocenters. The third-order valence-electron chi connectivity index (χ3n) is 5.17. The molecular formula is C22H28ClFN2O2S. The molecular weight excluding hydrogens is 411 g/mol. The number of hydrogen-bond donors (Lipinski definition) is 1. The Bertz CT molecular complexity index is 725. The standard InChI is InChI=1S/C22H28ClFN2O2S/c1-3-12-26(22(28)17-9-7-16(2)8-10-17)14-21(27)25-11-13-29-15-18-19(23)5-4-6-20(18)24/h1,4-6,16-17H,7-15H2,2H3,(H,25,27). The molecule has 29 heavy (non-hydrogen) atoms. The van der Waals surface area contributed by atoms with Crippen molar-refractivity contribution in [1.29, 1.82) is 0 Å². The number of amides is 2. The first-order valence-electron chi connectivity index (χ1n) is 9.92. The molecule has 1 saturated carbocycles. The molecule has 0 aromatic heterocycles. The van der Waals surface area contributed by atoms with Crippen molar-refractivity contribution in [3.8, 4) is 12.3 Å². The van der Waals surface area contributed by atoms with E-state index in [1.807, 2.05) is 0 Å². The van der Waals surface area contributed by atoms with Gasteiger partial charge in [-0.1, -0.05) is 30.5 Å². The van der Waals surface area contributed by atoms with E-state index >= 15 is 0 Å². The number of halogens is 2. The third kappa shape index (κ3) is 7.56. The van der Waals surface area contributed by atoms with Crippen LogP contribution in [0.5, 0.6) is 0 Å². The largest absolute Gasteiger partial charge is 0.354 e. The quantitative estimate of drug-likeness (QED) is 0.466. The van der Waals surface area contributed by atoms with E-state index < -0.39 is 0 Å². The second-order valence-electron chi connectivity index (χ2n) is 7.46. The lowest BCUT2D eigenvalue weighted by atomic mass is 9.82. The van der Waals surface area contributed by atoms with E-state index in [-0.39, 0.29) is 36.6 Å². The van der Waals surface area contributed by atoms with Crippen LogP contribution in [-0.2, 0) is 15.3 Å². The van der Waals surface area contributed by atoms with Crippen LogP contribution in [0.4, 0.5) is 4.39 Å². The maximum absolute atomic E-state index is 13.7. The van der Waals surface area contributed by atoms with E-state index in [2.05, 4.69) is 18.2 Å². The average molecular weight is 439 g/mol. The van der Waals surface area contributed by atoms with Crippen molar-refractivity contribution in [2.75, 3.05) is 25.4 Å². The van der Waals surface area contributed by atoms with Gasteiger partial charge in [-0.2, -0.15) is 11.8 Å². The SMILES string of the molecule is C#CCN(CC(=O)NCCSCc1c(F)cccc1Cl)C(=O)C1CCC(C)CC1. The summed E-state index contributed by atoms with van der Waals surface area (Å²) in [6, 6.07) is 4.61. The van der Waals surface area contributed by atoms with Crippen molar-refractivity contribution in [1.82, 2.24) is 10.2 Å². The summed E-state index contributed by atoms with van der Waals surface area (Å²) in [4.78, 5) is 26.4. The summed E-state index contributed by atoms with van der Waals surface area (Å²) in [6.07, 6.45) is 9.19. The molecule has 0 bridgehead atoms. The van der Waals surface area contributed by atoms with Crippen LogP contribution in [0, 0.1) is 30.0 Å². The average Bonchev–Trinajstić information content (AvgIpc) is 2.69. The summed E-state index contributed by atoms with van der Waals surface area (Å²) >= 11 is 7.49. The Balaban J connectivity index is 1.73. The third-order valence-corrected chi connectivity index (χ3v) is 6.51. The molecule has 1 N–H and O–H groups in total. The van der Waals surface area contributed by atoms with Gasteiger partial charge in [-0.25, -0.2) is 4.39 Å². The van der Waals surface area contributed by atoms with Crippen molar-refractivity contribution in [2.45, 2.75) is 38.4 Å². The van der Waals surface area contributed by atoms with Crippen molar-refractivity contribution < 1.29 is 14.0 Å². The number of nitrogens with zero attached hydrogens (tertiary/aromatic N) is 1. The number of carbonyl (C=O) groups excluding carboxylic acids is 2. The fourth-order valence-electron chi connectivity index (χ4n) is 3.42. The van der Waals surface area contributed by atoms with Crippen LogP contribution in [0.2, 0.25) is 5.02 Å². The zero-order valence-electron chi connectivity index (χ0n) is 16.8. The molecule has 0 spiro atoms. The molecule has 2 amide bonds. The molecule has 1 aliphatic carbocycles. The van der Waals surface area contributed by atoms with Gasteiger partial charge in [-0.3, -0.25) is 9.59 Å². The maximum atomic E-state index is 13.7. The highest BCUT2D eigenvalue weighted by molar-refractivity contribution is 7.98. The Hall–Kier alpha value is -1.71. The summed E-state index contributed by atoms with van der Waals surface area (Å²) < 4.78 is 13.7. The Kier molecular flexibility index (Phi) is 9.83. The lowest BCUT2D eigenvalue weighted by molar-refractivity contribution is -0.139. The summed E-state index contributed by atoms with van der Waals surface area (Å²) in [5, 5.41) is 3.21. The van der Waals surface area contributed by atoms with Gasteiger partial charge in [-0.05, 0) is 43.7 Å². The molecule has 0 saturated heterocycles. The van der Waals surface area contributed by atoms with Crippen molar-refractivity contribution >= 4 is 35.2 Å². The van der Waals surface area contributed by atoms with Crippen LogP contribution < -0.4 is 5.32 Å². The van der Waals surface area contributed by atoms with Gasteiger partial charge in [0.1, 0.15) is 12.4 Å². The molecule has 1 aliphatic rings. The van der Waals surface area contributed by atoms with Gasteiger partial charge in [0.05, 0.1) is 6.54 Å². The van der Waals surface area contributed by atoms with Crippen molar-refractivity contribution in [2.24, 2.45) is 11.8 Å². The summed E-state index contributed by atoms with van der Waals surface area (Å²) in [7, 11) is 0. The monoisotopic (exact) mass is 438 g/mol. The highest BCUT2D eigenvalue weighted by Gasteiger charge is 2.28. The zero-order chi connectivity index (χ0) is 21.2. The smallest absolute Gasteiger partial charge is 0.239 e. The van der Waals surface area contributed by atoms with Crippen molar-refractivity contribution in [3.05, 3.63) is 34.6 Å². The minimum atomic E-state index is -0.324. The van der Waals surface area contributed by atoms with E-state index in [9.17, 15) is 14.0 Å². The van der Waals surface area contributed by atoms with Crippen molar-refractivity contribution in [3.63, 3.8) is 0 Å². The summed E-state index contributed by atoms with van der Waals surface area (Å²) in [5.41, 5.74) is 0.470. The molecule has 1 fully saturated rings. The maximum Gasteiger partial charge on any atom is 0.239 e. The minimum Gasteiger partial charge on any atom is -0.354 e. The van der Waals surface area contributed by atoms with Gasteiger partial charge in [0.25, 0.3) is 0 Å². The topological polar surface area (TPSA) is 49.4 Å². The number of rotatable bonds is 9. The van der Waals surface area contributed by atoms with Gasteiger partial charge in [0.2, 0.25) is 11.8 Å². The van der Waals surface area contributed by atoms with E-state index in [1.165, 1.54) is 22.7 Å². The minimum absolute atomic E-state index is 0.0198. The number of carbonyl (C=O) groups is 2. The molecule has 7 heteroatoms. The molecule has 0 radical (unpaired) electrons. The number of hydrogen-bond acceptors (Lipinski definition) is 3. The van der Waals surface area contributed by atoms with Gasteiger partial charge in [-0.15, -0.1) is 6.42 Å². The predicted octanol–water partition coefficient (Wildman–Crippen LogP) is 4.12. The van der Waals surface area contributed by atoms with E-state index in [1.54, 1.807) is 12.1 Å². The number of thioether (sulfide) groups is 1. The molecule has 1 aromatic rings. The lowest BCUT2D eigenvalue weighted by Crippen LogP contribution is -2.44. The first-order chi connectivity index (χ1) is 13.9. The number of nitrogens with one attached hydrogen (secondary N) is 1. The normalized spacial score (nSPS) is 18.7. The van der Waals surface area contributed by atoms with Crippen LogP contribution in [0.1, 0.15) is 38.2 Å². The van der Waals surface area contributed by atoms with Crippen LogP contribution in [0.25, 0.3) is 0 Å². The Morgan fingerprint density at radius 1 is 1.34 bits per heavy atom. The van der Waals surface area contributed by atoms with E-state index in [0.717, 1.165) is 25.7 Å². The molecule has 158 valence electrons. The molecule has 0 unspecified atom stereocenters. The Morgan fingerprint density at radius 3 is 2.72 bits per heavy atom. The van der Waals surface area contributed by atoms with Crippen LogP contribution in [0.3, 0.4) is 0 Å². The second kappa shape index (κ2) is 12.1. The highest BCUT2D eigenvalue weighted by Crippen LogP contribution is 2.29. The van der Waals surface area contributed by atoms with Crippen LogP contribution >= 0.6 is 23.4 Å². The first kappa shape index (κ1) is 23.6. The Morgan fingerprint density at radius 2 is 2.07 bits per heavy atom. The first-order valence-corrected chi connectivity index (χ1v) is 11.4. The van der Waals surface area contributed by atoms with E-state index in [4.69, 9.17) is 18.0 Å². The molecule has 0 aliphatic heterocycles. The fourth-order valence-corrected chi connectivity index (χ4v) is 4.62. The second-order valence-corrected chi connectivity index (χ2v) is 8.97. The predicted molar refractivity (Wildman–Crippen MR) is 117 cm³/mol. The summed E-state index contributed by atoms with van der Waals surface area (Å²) in [6.45, 7) is 2.73. The number of benzene rings is 1. The lowest BCUT2D eigenvalue weighted by Gasteiger charge is -2.30. The van der Waals surface area contributed by atoms with Crippen LogP contribution in [0.15, 0.2) is 18.2 Å². The molecule has 1 aromatic carbocycles. The van der Waals surface area contributed by atoms with Gasteiger partial charge in [0.15, 0.2) is 0 Å². The number of terminal acetylenes is 1. The van der Waals surface area contributed by atoms with Gasteiger partial charge < -0.3 is 10.2 Å². The summed E-state index contributed by atoms with van der Waals surface area (Å²) in [5.74, 6) is 3.57. The molecule has 2 rings (SSSR count). The molecule has 4 nitrogen and oxygen atoms in total. The van der Waals surface area contributed by atoms with Gasteiger partial charge >= 0.3 is 0 Å². The molecule has 0 heterocycles. The highest BCUT2D eigenvalue weighted by atomic mass is 35.5.